The van der Waals surface area contributed by atoms with Crippen molar-refractivity contribution in [2.45, 2.75) is 34.6 Å². The van der Waals surface area contributed by atoms with Crippen molar-refractivity contribution in [2.24, 2.45) is 0 Å². The van der Waals surface area contributed by atoms with E-state index in [2.05, 4.69) is 32.9 Å². The number of hydrogen-bond donors (Lipinski definition) is 0. The molecule has 0 aliphatic heterocycles. The van der Waals surface area contributed by atoms with Crippen LogP contribution in [0.25, 0.3) is 5.57 Å². The second kappa shape index (κ2) is 4.43. The van der Waals surface area contributed by atoms with E-state index in [1.165, 1.54) is 22.3 Å². The molecule has 1 aromatic rings. The molecule has 0 aliphatic rings. The highest BCUT2D eigenvalue weighted by molar-refractivity contribution is 5.95. The molecule has 0 bridgehead atoms. The first-order valence-corrected chi connectivity index (χ1v) is 5.19. The Morgan fingerprint density at radius 2 is 1.53 bits per heavy atom. The fourth-order valence-corrected chi connectivity index (χ4v) is 2.18. The molecule has 0 unspecified atom stereocenters. The molecule has 0 saturated heterocycles. The summed E-state index contributed by atoms with van der Waals surface area (Å²) in [7, 11) is 0. The van der Waals surface area contributed by atoms with Crippen molar-refractivity contribution in [3.8, 4) is 0 Å². The number of carbonyl (C=O) groups excluding carboxylic acids is 1. The van der Waals surface area contributed by atoms with Crippen LogP contribution in [0.4, 0.5) is 0 Å². The summed E-state index contributed by atoms with van der Waals surface area (Å²) in [6.07, 6.45) is 1.70. The molecule has 0 spiro atoms. The summed E-state index contributed by atoms with van der Waals surface area (Å²) >= 11 is 0. The highest BCUT2D eigenvalue weighted by Gasteiger charge is 2.05. The zero-order chi connectivity index (χ0) is 11.6. The van der Waals surface area contributed by atoms with Crippen molar-refractivity contribution < 1.29 is 4.79 Å². The van der Waals surface area contributed by atoms with Crippen LogP contribution in [0.3, 0.4) is 0 Å². The van der Waals surface area contributed by atoms with Gasteiger partial charge >= 0.3 is 0 Å². The molecule has 0 heterocycles. The van der Waals surface area contributed by atoms with E-state index in [0.717, 1.165) is 5.57 Å². The minimum atomic E-state index is 0.104. The Bertz CT molecular complexity index is 402. The van der Waals surface area contributed by atoms with Gasteiger partial charge in [-0.3, -0.25) is 4.79 Å². The minimum Gasteiger partial charge on any atom is -0.295 e. The third kappa shape index (κ3) is 2.79. The molecule has 0 radical (unpaired) electrons. The van der Waals surface area contributed by atoms with Gasteiger partial charge in [0.2, 0.25) is 0 Å². The maximum absolute atomic E-state index is 11.0. The average Bonchev–Trinajstić information content (AvgIpc) is 1.99. The summed E-state index contributed by atoms with van der Waals surface area (Å²) in [5.74, 6) is 0.104. The molecule has 0 fully saturated rings. The average molecular weight is 202 g/mol. The Labute approximate surface area is 91.8 Å². The Hall–Kier alpha value is -1.37. The molecule has 1 heteroatoms. The molecule has 0 N–H and O–H groups in total. The van der Waals surface area contributed by atoms with Gasteiger partial charge in [0.15, 0.2) is 5.78 Å². The quantitative estimate of drug-likeness (QED) is 0.670. The van der Waals surface area contributed by atoms with Crippen LogP contribution in [0.2, 0.25) is 0 Å². The first-order chi connectivity index (χ1) is 6.91. The van der Waals surface area contributed by atoms with E-state index in [4.69, 9.17) is 0 Å². The molecular weight excluding hydrogens is 184 g/mol. The summed E-state index contributed by atoms with van der Waals surface area (Å²) in [5.41, 5.74) is 6.00. The Morgan fingerprint density at radius 3 is 1.93 bits per heavy atom. The van der Waals surface area contributed by atoms with Crippen LogP contribution in [0, 0.1) is 20.8 Å². The molecule has 1 nitrogen and oxygen atoms in total. The van der Waals surface area contributed by atoms with Crippen LogP contribution in [0.5, 0.6) is 0 Å². The van der Waals surface area contributed by atoms with Crippen molar-refractivity contribution in [3.05, 3.63) is 40.5 Å². The largest absolute Gasteiger partial charge is 0.295 e. The van der Waals surface area contributed by atoms with Crippen molar-refractivity contribution in [1.29, 1.82) is 0 Å². The Balaban J connectivity index is 3.32. The first-order valence-electron chi connectivity index (χ1n) is 5.19. The van der Waals surface area contributed by atoms with Crippen molar-refractivity contribution in [3.63, 3.8) is 0 Å². The van der Waals surface area contributed by atoms with Gasteiger partial charge in [0, 0.05) is 0 Å². The number of hydrogen-bond acceptors (Lipinski definition) is 1. The number of benzene rings is 1. The topological polar surface area (TPSA) is 17.1 Å². The Kier molecular flexibility index (Phi) is 3.46. The van der Waals surface area contributed by atoms with Gasteiger partial charge in [0.25, 0.3) is 0 Å². The maximum atomic E-state index is 11.0. The fourth-order valence-electron chi connectivity index (χ4n) is 2.18. The zero-order valence-corrected chi connectivity index (χ0v) is 10.1. The van der Waals surface area contributed by atoms with Gasteiger partial charge in [-0.25, -0.2) is 0 Å². The van der Waals surface area contributed by atoms with Crippen LogP contribution in [0.1, 0.15) is 36.1 Å². The molecule has 0 saturated carbocycles. The van der Waals surface area contributed by atoms with Gasteiger partial charge in [-0.2, -0.15) is 0 Å². The molecular formula is C14H18O. The van der Waals surface area contributed by atoms with Crippen LogP contribution >= 0.6 is 0 Å². The van der Waals surface area contributed by atoms with Crippen LogP contribution in [-0.2, 0) is 4.79 Å². The second-order valence-electron chi connectivity index (χ2n) is 4.21. The molecule has 15 heavy (non-hydrogen) atoms. The third-order valence-corrected chi connectivity index (χ3v) is 2.49. The van der Waals surface area contributed by atoms with Crippen molar-refractivity contribution in [1.82, 2.24) is 0 Å². The van der Waals surface area contributed by atoms with Crippen LogP contribution in [-0.4, -0.2) is 5.78 Å². The molecule has 0 atom stereocenters. The predicted octanol–water partition coefficient (Wildman–Crippen LogP) is 3.60. The lowest BCUT2D eigenvalue weighted by molar-refractivity contribution is -0.112. The summed E-state index contributed by atoms with van der Waals surface area (Å²) < 4.78 is 0. The van der Waals surface area contributed by atoms with E-state index >= 15 is 0 Å². The van der Waals surface area contributed by atoms with E-state index in [1.807, 2.05) is 6.92 Å². The van der Waals surface area contributed by atoms with Crippen LogP contribution in [0.15, 0.2) is 18.2 Å². The lowest BCUT2D eigenvalue weighted by Gasteiger charge is -2.11. The summed E-state index contributed by atoms with van der Waals surface area (Å²) in [6, 6.07) is 4.31. The second-order valence-corrected chi connectivity index (χ2v) is 4.21. The minimum absolute atomic E-state index is 0.104. The molecule has 80 valence electrons. The van der Waals surface area contributed by atoms with E-state index in [1.54, 1.807) is 13.0 Å². The number of aryl methyl sites for hydroxylation is 3. The summed E-state index contributed by atoms with van der Waals surface area (Å²) in [6.45, 7) is 9.85. The molecule has 0 aromatic heterocycles. The van der Waals surface area contributed by atoms with Crippen molar-refractivity contribution >= 4 is 11.4 Å². The van der Waals surface area contributed by atoms with Crippen molar-refractivity contribution in [2.75, 3.05) is 0 Å². The van der Waals surface area contributed by atoms with Gasteiger partial charge in [-0.1, -0.05) is 17.7 Å². The van der Waals surface area contributed by atoms with Gasteiger partial charge < -0.3 is 0 Å². The van der Waals surface area contributed by atoms with Gasteiger partial charge in [0.05, 0.1) is 0 Å². The molecule has 1 aromatic carbocycles. The van der Waals surface area contributed by atoms with E-state index < -0.39 is 0 Å². The lowest BCUT2D eigenvalue weighted by atomic mass is 9.94. The summed E-state index contributed by atoms with van der Waals surface area (Å²) in [5, 5.41) is 0. The standard InChI is InChI=1S/C14H18O/c1-9-6-10(2)14(11(3)7-9)12(4)8-13(5)15/h6-8H,1-5H3/b12-8+. The van der Waals surface area contributed by atoms with Crippen LogP contribution < -0.4 is 0 Å². The molecule has 1 rings (SSSR count). The van der Waals surface area contributed by atoms with E-state index in [9.17, 15) is 4.79 Å². The zero-order valence-electron chi connectivity index (χ0n) is 10.1. The highest BCUT2D eigenvalue weighted by Crippen LogP contribution is 2.23. The third-order valence-electron chi connectivity index (χ3n) is 2.49. The SMILES string of the molecule is CC(=O)/C=C(\C)c1c(C)cc(C)cc1C. The maximum Gasteiger partial charge on any atom is 0.152 e. The Morgan fingerprint density at radius 1 is 1.07 bits per heavy atom. The molecule has 0 amide bonds. The van der Waals surface area contributed by atoms with E-state index in [-0.39, 0.29) is 5.78 Å². The van der Waals surface area contributed by atoms with Gasteiger partial charge in [-0.15, -0.1) is 0 Å². The van der Waals surface area contributed by atoms with Gasteiger partial charge in [0.1, 0.15) is 0 Å². The highest BCUT2D eigenvalue weighted by atomic mass is 16.1. The first kappa shape index (κ1) is 11.7. The monoisotopic (exact) mass is 202 g/mol. The fraction of sp³-hybridized carbons (Fsp3) is 0.357. The predicted molar refractivity (Wildman–Crippen MR) is 65.0 cm³/mol. The lowest BCUT2D eigenvalue weighted by Crippen LogP contribution is -1.94. The molecule has 0 aliphatic carbocycles. The number of rotatable bonds is 2. The van der Waals surface area contributed by atoms with Gasteiger partial charge in [-0.05, 0) is 63.0 Å². The normalized spacial score (nSPS) is 11.7. The summed E-state index contributed by atoms with van der Waals surface area (Å²) in [4.78, 5) is 11.0. The van der Waals surface area contributed by atoms with E-state index in [0.29, 0.717) is 0 Å². The number of carbonyl (C=O) groups is 1. The number of allylic oxidation sites excluding steroid dienone is 2. The number of ketones is 1. The smallest absolute Gasteiger partial charge is 0.152 e.